The highest BCUT2D eigenvalue weighted by molar-refractivity contribution is 5.94. The number of carbonyl (C=O) groups is 2. The van der Waals surface area contributed by atoms with Crippen LogP contribution in [0, 0.1) is 5.82 Å². The molecule has 2 aromatic carbocycles. The van der Waals surface area contributed by atoms with Gasteiger partial charge >= 0.3 is 5.97 Å². The first-order chi connectivity index (χ1) is 12.1. The molecule has 2 rings (SSSR count). The summed E-state index contributed by atoms with van der Waals surface area (Å²) in [6.07, 6.45) is 2.66. The largest absolute Gasteiger partial charge is 0.494 e. The Hall–Kier alpha value is -3.15. The van der Waals surface area contributed by atoms with Gasteiger partial charge in [0.05, 0.1) is 6.61 Å². The van der Waals surface area contributed by atoms with Crippen molar-refractivity contribution < 1.29 is 23.5 Å². The average molecular weight is 343 g/mol. The maximum atomic E-state index is 12.8. The van der Waals surface area contributed by atoms with E-state index < -0.39 is 18.5 Å². The van der Waals surface area contributed by atoms with Crippen molar-refractivity contribution in [2.45, 2.75) is 6.92 Å². The van der Waals surface area contributed by atoms with E-state index in [1.165, 1.54) is 36.4 Å². The van der Waals surface area contributed by atoms with E-state index in [4.69, 9.17) is 9.47 Å². The Morgan fingerprint density at radius 2 is 1.76 bits per heavy atom. The molecule has 130 valence electrons. The van der Waals surface area contributed by atoms with Crippen LogP contribution in [0.25, 0.3) is 6.08 Å². The second-order valence-electron chi connectivity index (χ2n) is 5.00. The van der Waals surface area contributed by atoms with E-state index in [9.17, 15) is 14.0 Å². The van der Waals surface area contributed by atoms with Crippen molar-refractivity contribution in [1.29, 1.82) is 0 Å². The molecule has 0 aromatic heterocycles. The monoisotopic (exact) mass is 343 g/mol. The van der Waals surface area contributed by atoms with E-state index in [-0.39, 0.29) is 5.82 Å². The maximum absolute atomic E-state index is 12.8. The summed E-state index contributed by atoms with van der Waals surface area (Å²) in [5, 5.41) is 2.61. The Morgan fingerprint density at radius 3 is 2.40 bits per heavy atom. The zero-order valence-electron chi connectivity index (χ0n) is 13.7. The van der Waals surface area contributed by atoms with Gasteiger partial charge in [0.2, 0.25) is 0 Å². The zero-order valence-corrected chi connectivity index (χ0v) is 13.7. The number of esters is 1. The molecule has 0 bridgehead atoms. The van der Waals surface area contributed by atoms with E-state index in [1.807, 2.05) is 6.92 Å². The number of ether oxygens (including phenoxy) is 2. The lowest BCUT2D eigenvalue weighted by atomic mass is 10.2. The highest BCUT2D eigenvalue weighted by atomic mass is 19.1. The van der Waals surface area contributed by atoms with Crippen molar-refractivity contribution in [3.05, 3.63) is 66.0 Å². The number of amides is 1. The molecule has 2 aromatic rings. The molecular formula is C19H18FNO4. The van der Waals surface area contributed by atoms with Gasteiger partial charge in [-0.25, -0.2) is 9.18 Å². The van der Waals surface area contributed by atoms with Crippen LogP contribution in [0.3, 0.4) is 0 Å². The van der Waals surface area contributed by atoms with Crippen LogP contribution in [0.2, 0.25) is 0 Å². The van der Waals surface area contributed by atoms with Gasteiger partial charge in [0.1, 0.15) is 11.6 Å². The molecular weight excluding hydrogens is 325 g/mol. The van der Waals surface area contributed by atoms with Gasteiger partial charge in [0.25, 0.3) is 5.91 Å². The molecule has 0 saturated carbocycles. The summed E-state index contributed by atoms with van der Waals surface area (Å²) in [4.78, 5) is 23.3. The third-order valence-electron chi connectivity index (χ3n) is 3.08. The third kappa shape index (κ3) is 6.47. The first kappa shape index (κ1) is 18.2. The van der Waals surface area contributed by atoms with Crippen molar-refractivity contribution in [3.63, 3.8) is 0 Å². The summed E-state index contributed by atoms with van der Waals surface area (Å²) in [6.45, 7) is 2.04. The number of benzene rings is 2. The number of nitrogens with one attached hydrogen (secondary N) is 1. The average Bonchev–Trinajstić information content (AvgIpc) is 2.61. The van der Waals surface area contributed by atoms with Gasteiger partial charge in [-0.15, -0.1) is 0 Å². The predicted octanol–water partition coefficient (Wildman–Crippen LogP) is 3.42. The lowest BCUT2D eigenvalue weighted by molar-refractivity contribution is -0.142. The third-order valence-corrected chi connectivity index (χ3v) is 3.08. The molecule has 6 heteroatoms. The summed E-state index contributed by atoms with van der Waals surface area (Å²) < 4.78 is 22.9. The van der Waals surface area contributed by atoms with E-state index in [1.54, 1.807) is 24.3 Å². The summed E-state index contributed by atoms with van der Waals surface area (Å²) in [5.41, 5.74) is 1.23. The molecule has 0 fully saturated rings. The van der Waals surface area contributed by atoms with Gasteiger partial charge in [-0.1, -0.05) is 12.1 Å². The molecule has 0 radical (unpaired) electrons. The van der Waals surface area contributed by atoms with Crippen LogP contribution in [0.4, 0.5) is 10.1 Å². The molecule has 0 saturated heterocycles. The van der Waals surface area contributed by atoms with Crippen LogP contribution in [0.5, 0.6) is 5.75 Å². The van der Waals surface area contributed by atoms with Crippen LogP contribution < -0.4 is 10.1 Å². The smallest absolute Gasteiger partial charge is 0.331 e. The van der Waals surface area contributed by atoms with Gasteiger partial charge in [0, 0.05) is 11.8 Å². The van der Waals surface area contributed by atoms with Gasteiger partial charge in [0.15, 0.2) is 6.61 Å². The molecule has 0 unspecified atom stereocenters. The van der Waals surface area contributed by atoms with E-state index in [2.05, 4.69) is 5.32 Å². The second-order valence-corrected chi connectivity index (χ2v) is 5.00. The van der Waals surface area contributed by atoms with Crippen LogP contribution >= 0.6 is 0 Å². The molecule has 0 atom stereocenters. The zero-order chi connectivity index (χ0) is 18.1. The Labute approximate surface area is 145 Å². The normalized spacial score (nSPS) is 10.5. The summed E-state index contributed by atoms with van der Waals surface area (Å²) in [7, 11) is 0. The van der Waals surface area contributed by atoms with Crippen LogP contribution in [0.15, 0.2) is 54.6 Å². The van der Waals surface area contributed by atoms with Gasteiger partial charge in [-0.3, -0.25) is 4.79 Å². The molecule has 0 aliphatic carbocycles. The minimum Gasteiger partial charge on any atom is -0.494 e. The first-order valence-electron chi connectivity index (χ1n) is 7.70. The fourth-order valence-corrected chi connectivity index (χ4v) is 1.92. The molecule has 1 N–H and O–H groups in total. The van der Waals surface area contributed by atoms with E-state index >= 15 is 0 Å². The van der Waals surface area contributed by atoms with Crippen molar-refractivity contribution in [1.82, 2.24) is 0 Å². The maximum Gasteiger partial charge on any atom is 0.331 e. The lowest BCUT2D eigenvalue weighted by Crippen LogP contribution is -2.20. The Balaban J connectivity index is 1.76. The van der Waals surface area contributed by atoms with Crippen molar-refractivity contribution in [2.75, 3.05) is 18.5 Å². The number of hydrogen-bond acceptors (Lipinski definition) is 4. The van der Waals surface area contributed by atoms with Gasteiger partial charge in [-0.2, -0.15) is 0 Å². The Morgan fingerprint density at radius 1 is 1.08 bits per heavy atom. The van der Waals surface area contributed by atoms with Gasteiger partial charge < -0.3 is 14.8 Å². The molecule has 5 nitrogen and oxygen atoms in total. The fourth-order valence-electron chi connectivity index (χ4n) is 1.92. The molecule has 0 aliphatic heterocycles. The highest BCUT2D eigenvalue weighted by Crippen LogP contribution is 2.15. The first-order valence-corrected chi connectivity index (χ1v) is 7.70. The second kappa shape index (κ2) is 9.22. The summed E-state index contributed by atoms with van der Waals surface area (Å²) >= 11 is 0. The standard InChI is InChI=1S/C19H18FNO4/c1-2-24-17-10-8-16(9-11-17)21-18(22)13-25-19(23)12-5-14-3-6-15(20)7-4-14/h3-12H,2,13H2,1H3,(H,21,22)/b12-5+. The SMILES string of the molecule is CCOc1ccc(NC(=O)COC(=O)/C=C/c2ccc(F)cc2)cc1. The summed E-state index contributed by atoms with van der Waals surface area (Å²) in [6, 6.07) is 12.5. The topological polar surface area (TPSA) is 64.6 Å². The minimum absolute atomic E-state index is 0.356. The van der Waals surface area contributed by atoms with Crippen LogP contribution in [-0.2, 0) is 14.3 Å². The Bertz CT molecular complexity index is 739. The van der Waals surface area contributed by atoms with Crippen molar-refractivity contribution in [3.8, 4) is 5.75 Å². The van der Waals surface area contributed by atoms with E-state index in [0.717, 1.165) is 0 Å². The number of hydrogen-bond donors (Lipinski definition) is 1. The van der Waals surface area contributed by atoms with Crippen molar-refractivity contribution in [2.24, 2.45) is 0 Å². The lowest BCUT2D eigenvalue weighted by Gasteiger charge is -2.07. The highest BCUT2D eigenvalue weighted by Gasteiger charge is 2.06. The minimum atomic E-state index is -0.661. The van der Waals surface area contributed by atoms with Crippen LogP contribution in [-0.4, -0.2) is 25.1 Å². The Kier molecular flexibility index (Phi) is 6.71. The summed E-state index contributed by atoms with van der Waals surface area (Å²) in [5.74, 6) is -0.762. The molecule has 0 heterocycles. The fraction of sp³-hybridized carbons (Fsp3) is 0.158. The quantitative estimate of drug-likeness (QED) is 0.618. The predicted molar refractivity (Wildman–Crippen MR) is 92.6 cm³/mol. The molecule has 0 spiro atoms. The number of anilines is 1. The number of halogens is 1. The molecule has 1 amide bonds. The number of rotatable bonds is 7. The van der Waals surface area contributed by atoms with Crippen LogP contribution in [0.1, 0.15) is 12.5 Å². The van der Waals surface area contributed by atoms with E-state index in [0.29, 0.717) is 23.6 Å². The van der Waals surface area contributed by atoms with Gasteiger partial charge in [-0.05, 0) is 55.0 Å². The molecule has 0 aliphatic rings. The number of carbonyl (C=O) groups excluding carboxylic acids is 2. The molecule has 25 heavy (non-hydrogen) atoms. The van der Waals surface area contributed by atoms with Crippen molar-refractivity contribution >= 4 is 23.6 Å².